The molecule has 0 saturated carbocycles. The number of anilines is 1. The Balaban J connectivity index is 1.63. The third-order valence-corrected chi connectivity index (χ3v) is 3.87. The standard InChI is InChI=1S/C18H12ClN5O/c19-16-9-17(21-11-20-16)22-18(25)13-6-7-14-8-15(23-24(14)10-13)12-4-2-1-3-5-12/h1-11H,(H,20,21,22,25). The van der Waals surface area contributed by atoms with Crippen LogP contribution in [0.3, 0.4) is 0 Å². The van der Waals surface area contributed by atoms with E-state index in [9.17, 15) is 4.79 Å². The van der Waals surface area contributed by atoms with Crippen LogP contribution in [-0.2, 0) is 0 Å². The van der Waals surface area contributed by atoms with Crippen molar-refractivity contribution in [3.8, 4) is 11.3 Å². The fourth-order valence-electron chi connectivity index (χ4n) is 2.46. The average Bonchev–Trinajstić information content (AvgIpc) is 3.06. The first kappa shape index (κ1) is 15.3. The number of nitrogens with zero attached hydrogens (tertiary/aromatic N) is 4. The van der Waals surface area contributed by atoms with E-state index in [0.717, 1.165) is 16.8 Å². The summed E-state index contributed by atoms with van der Waals surface area (Å²) >= 11 is 5.80. The highest BCUT2D eigenvalue weighted by Crippen LogP contribution is 2.20. The second-order valence-electron chi connectivity index (χ2n) is 5.36. The smallest absolute Gasteiger partial charge is 0.258 e. The van der Waals surface area contributed by atoms with Crippen LogP contribution in [0.2, 0.25) is 5.15 Å². The van der Waals surface area contributed by atoms with Crippen molar-refractivity contribution in [3.63, 3.8) is 0 Å². The number of pyridine rings is 1. The van der Waals surface area contributed by atoms with E-state index in [1.54, 1.807) is 16.8 Å². The molecule has 0 fully saturated rings. The van der Waals surface area contributed by atoms with Gasteiger partial charge in [-0.25, -0.2) is 14.5 Å². The number of hydrogen-bond donors (Lipinski definition) is 1. The molecule has 3 aromatic heterocycles. The maximum atomic E-state index is 12.4. The second-order valence-corrected chi connectivity index (χ2v) is 5.75. The van der Waals surface area contributed by atoms with E-state index < -0.39 is 0 Å². The lowest BCUT2D eigenvalue weighted by Gasteiger charge is -2.04. The zero-order chi connectivity index (χ0) is 17.2. The molecule has 1 N–H and O–H groups in total. The molecule has 0 unspecified atom stereocenters. The molecule has 0 radical (unpaired) electrons. The van der Waals surface area contributed by atoms with Gasteiger partial charge in [0.2, 0.25) is 0 Å². The van der Waals surface area contributed by atoms with Gasteiger partial charge in [-0.3, -0.25) is 4.79 Å². The Morgan fingerprint density at radius 1 is 1.04 bits per heavy atom. The average molecular weight is 350 g/mol. The minimum Gasteiger partial charge on any atom is -0.306 e. The molecule has 0 bridgehead atoms. The van der Waals surface area contributed by atoms with Gasteiger partial charge < -0.3 is 5.32 Å². The SMILES string of the molecule is O=C(Nc1cc(Cl)ncn1)c1ccc2cc(-c3ccccc3)nn2c1. The molecule has 0 aliphatic rings. The third kappa shape index (κ3) is 3.20. The molecule has 1 amide bonds. The van der Waals surface area contributed by atoms with Gasteiger partial charge in [0.05, 0.1) is 16.8 Å². The van der Waals surface area contributed by atoms with E-state index in [0.29, 0.717) is 11.4 Å². The molecule has 0 aliphatic carbocycles. The number of carbonyl (C=O) groups is 1. The molecule has 4 aromatic rings. The Hall–Kier alpha value is -3.25. The summed E-state index contributed by atoms with van der Waals surface area (Å²) in [4.78, 5) is 20.1. The lowest BCUT2D eigenvalue weighted by molar-refractivity contribution is 0.102. The van der Waals surface area contributed by atoms with Gasteiger partial charge >= 0.3 is 0 Å². The molecular weight excluding hydrogens is 338 g/mol. The van der Waals surface area contributed by atoms with Crippen molar-refractivity contribution in [2.24, 2.45) is 0 Å². The molecule has 0 aliphatic heterocycles. The molecule has 0 saturated heterocycles. The van der Waals surface area contributed by atoms with Gasteiger partial charge in [-0.15, -0.1) is 0 Å². The number of amides is 1. The molecule has 25 heavy (non-hydrogen) atoms. The second kappa shape index (κ2) is 6.33. The molecule has 122 valence electrons. The number of hydrogen-bond acceptors (Lipinski definition) is 4. The third-order valence-electron chi connectivity index (χ3n) is 3.67. The predicted octanol–water partition coefficient (Wildman–Crippen LogP) is 3.70. The fourth-order valence-corrected chi connectivity index (χ4v) is 2.61. The van der Waals surface area contributed by atoms with Crippen molar-refractivity contribution in [2.75, 3.05) is 5.32 Å². The lowest BCUT2D eigenvalue weighted by atomic mass is 10.1. The molecule has 6 nitrogen and oxygen atoms in total. The van der Waals surface area contributed by atoms with Crippen molar-refractivity contribution < 1.29 is 4.79 Å². The van der Waals surface area contributed by atoms with Crippen LogP contribution in [0.5, 0.6) is 0 Å². The van der Waals surface area contributed by atoms with Crippen molar-refractivity contribution in [1.29, 1.82) is 0 Å². The predicted molar refractivity (Wildman–Crippen MR) is 95.6 cm³/mol. The van der Waals surface area contributed by atoms with Crippen molar-refractivity contribution >= 4 is 28.8 Å². The Morgan fingerprint density at radius 2 is 1.88 bits per heavy atom. The number of rotatable bonds is 3. The molecule has 0 spiro atoms. The van der Waals surface area contributed by atoms with Crippen LogP contribution in [0.4, 0.5) is 5.82 Å². The summed E-state index contributed by atoms with van der Waals surface area (Å²) in [5.41, 5.74) is 3.24. The maximum absolute atomic E-state index is 12.4. The van der Waals surface area contributed by atoms with Crippen molar-refractivity contribution in [2.45, 2.75) is 0 Å². The normalized spacial score (nSPS) is 10.8. The first-order valence-corrected chi connectivity index (χ1v) is 7.90. The fraction of sp³-hybridized carbons (Fsp3) is 0. The Kier molecular flexibility index (Phi) is 3.87. The quantitative estimate of drug-likeness (QED) is 0.572. The first-order chi connectivity index (χ1) is 12.2. The highest BCUT2D eigenvalue weighted by molar-refractivity contribution is 6.29. The summed E-state index contributed by atoms with van der Waals surface area (Å²) in [5, 5.41) is 7.49. The first-order valence-electron chi connectivity index (χ1n) is 7.53. The van der Waals surface area contributed by atoms with Gasteiger partial charge in [-0.05, 0) is 18.2 Å². The minimum absolute atomic E-state index is 0.264. The Bertz CT molecular complexity index is 1060. The summed E-state index contributed by atoms with van der Waals surface area (Å²) in [6.07, 6.45) is 2.97. The van der Waals surface area contributed by atoms with Crippen LogP contribution in [0.15, 0.2) is 67.1 Å². The van der Waals surface area contributed by atoms with Crippen LogP contribution in [0.1, 0.15) is 10.4 Å². The molecule has 3 heterocycles. The zero-order valence-electron chi connectivity index (χ0n) is 12.9. The van der Waals surface area contributed by atoms with Gasteiger partial charge in [-0.2, -0.15) is 5.10 Å². The van der Waals surface area contributed by atoms with Gasteiger partial charge in [0, 0.05) is 17.8 Å². The highest BCUT2D eigenvalue weighted by Gasteiger charge is 2.10. The van der Waals surface area contributed by atoms with Gasteiger partial charge in [0.1, 0.15) is 17.3 Å². The monoisotopic (exact) mass is 349 g/mol. The lowest BCUT2D eigenvalue weighted by Crippen LogP contribution is -2.13. The molecule has 0 atom stereocenters. The van der Waals surface area contributed by atoms with Crippen LogP contribution in [0.25, 0.3) is 16.8 Å². The largest absolute Gasteiger partial charge is 0.306 e. The number of fused-ring (bicyclic) bond motifs is 1. The summed E-state index contributed by atoms with van der Waals surface area (Å²) in [7, 11) is 0. The summed E-state index contributed by atoms with van der Waals surface area (Å²) in [6.45, 7) is 0. The maximum Gasteiger partial charge on any atom is 0.258 e. The number of halogens is 1. The van der Waals surface area contributed by atoms with Crippen LogP contribution in [0, 0.1) is 0 Å². The van der Waals surface area contributed by atoms with E-state index in [1.165, 1.54) is 12.4 Å². The zero-order valence-corrected chi connectivity index (χ0v) is 13.7. The van der Waals surface area contributed by atoms with Crippen molar-refractivity contribution in [3.05, 3.63) is 77.8 Å². The van der Waals surface area contributed by atoms with Crippen molar-refractivity contribution in [1.82, 2.24) is 19.6 Å². The number of nitrogens with one attached hydrogen (secondary N) is 1. The van der Waals surface area contributed by atoms with Gasteiger partial charge in [0.25, 0.3) is 5.91 Å². The van der Waals surface area contributed by atoms with E-state index in [2.05, 4.69) is 20.4 Å². The molecule has 7 heteroatoms. The van der Waals surface area contributed by atoms with Gasteiger partial charge in [0.15, 0.2) is 0 Å². The topological polar surface area (TPSA) is 72.2 Å². The summed E-state index contributed by atoms with van der Waals surface area (Å²) in [5.74, 6) is 0.0453. The Morgan fingerprint density at radius 3 is 2.68 bits per heavy atom. The van der Waals surface area contributed by atoms with Crippen LogP contribution < -0.4 is 5.32 Å². The highest BCUT2D eigenvalue weighted by atomic mass is 35.5. The van der Waals surface area contributed by atoms with Crippen LogP contribution in [-0.4, -0.2) is 25.5 Å². The minimum atomic E-state index is -0.298. The molecule has 1 aromatic carbocycles. The number of aromatic nitrogens is 4. The summed E-state index contributed by atoms with van der Waals surface area (Å²) in [6, 6.07) is 16.9. The van der Waals surface area contributed by atoms with E-state index >= 15 is 0 Å². The van der Waals surface area contributed by atoms with E-state index in [4.69, 9.17) is 11.6 Å². The van der Waals surface area contributed by atoms with Gasteiger partial charge in [-0.1, -0.05) is 41.9 Å². The number of carbonyl (C=O) groups excluding carboxylic acids is 1. The van der Waals surface area contributed by atoms with Crippen LogP contribution >= 0.6 is 11.6 Å². The number of benzene rings is 1. The summed E-state index contributed by atoms with van der Waals surface area (Å²) < 4.78 is 1.68. The van der Waals surface area contributed by atoms with E-state index in [-0.39, 0.29) is 11.1 Å². The molecule has 4 rings (SSSR count). The Labute approximate surface area is 148 Å². The van der Waals surface area contributed by atoms with E-state index in [1.807, 2.05) is 42.5 Å². The molecular formula is C18H12ClN5O.